The summed E-state index contributed by atoms with van der Waals surface area (Å²) in [6.45, 7) is 8.91. The summed E-state index contributed by atoms with van der Waals surface area (Å²) in [4.78, 5) is 32.2. The Morgan fingerprint density at radius 1 is 1.30 bits per heavy atom. The smallest absolute Gasteiger partial charge is 0.254 e. The highest BCUT2D eigenvalue weighted by Crippen LogP contribution is 2.29. The van der Waals surface area contributed by atoms with Crippen LogP contribution < -0.4 is 11.1 Å². The molecule has 0 radical (unpaired) electrons. The Hall–Kier alpha value is -2.37. The third-order valence-corrected chi connectivity index (χ3v) is 3.41. The van der Waals surface area contributed by atoms with Gasteiger partial charge in [-0.25, -0.2) is 0 Å². The summed E-state index contributed by atoms with van der Waals surface area (Å²) in [6, 6.07) is 5.87. The Labute approximate surface area is 138 Å². The van der Waals surface area contributed by atoms with Gasteiger partial charge in [-0.05, 0) is 25.5 Å². The molecule has 0 bridgehead atoms. The minimum absolute atomic E-state index is 0.128. The Kier molecular flexibility index (Phi) is 10.1. The number of imide groups is 1. The van der Waals surface area contributed by atoms with Crippen molar-refractivity contribution >= 4 is 24.4 Å². The molecule has 0 saturated heterocycles. The van der Waals surface area contributed by atoms with Gasteiger partial charge in [0.15, 0.2) is 0 Å². The maximum atomic E-state index is 12.1. The van der Waals surface area contributed by atoms with E-state index in [1.807, 2.05) is 36.9 Å². The quantitative estimate of drug-likeness (QED) is 0.643. The first-order valence-corrected chi connectivity index (χ1v) is 7.88. The Morgan fingerprint density at radius 2 is 1.91 bits per heavy atom. The molecule has 1 aromatic rings. The van der Waals surface area contributed by atoms with Crippen LogP contribution in [0.3, 0.4) is 0 Å². The zero-order valence-electron chi connectivity index (χ0n) is 14.3. The number of hydrogen-bond acceptors (Lipinski definition) is 4. The summed E-state index contributed by atoms with van der Waals surface area (Å²) in [5.41, 5.74) is 8.40. The lowest BCUT2D eigenvalue weighted by Gasteiger charge is -2.23. The maximum Gasteiger partial charge on any atom is 0.254 e. The van der Waals surface area contributed by atoms with Crippen LogP contribution in [0.5, 0.6) is 0 Å². The SMILES string of the molecule is CC.CCCC(C)N1Cc2c(N)cccc2C1=O.O=CNC=O. The van der Waals surface area contributed by atoms with Crippen LogP contribution in [0, 0.1) is 0 Å². The van der Waals surface area contributed by atoms with Crippen molar-refractivity contribution in [2.75, 3.05) is 5.73 Å². The Morgan fingerprint density at radius 3 is 2.35 bits per heavy atom. The zero-order chi connectivity index (χ0) is 17.8. The van der Waals surface area contributed by atoms with E-state index in [4.69, 9.17) is 15.3 Å². The summed E-state index contributed by atoms with van der Waals surface area (Å²) in [7, 11) is 0. The van der Waals surface area contributed by atoms with Crippen LogP contribution in [-0.2, 0) is 16.1 Å². The first-order chi connectivity index (χ1) is 11.1. The van der Waals surface area contributed by atoms with Crippen LogP contribution in [0.2, 0.25) is 0 Å². The van der Waals surface area contributed by atoms with E-state index in [2.05, 4.69) is 13.8 Å². The van der Waals surface area contributed by atoms with Crippen LogP contribution in [0.15, 0.2) is 18.2 Å². The second-order valence-corrected chi connectivity index (χ2v) is 4.85. The number of amides is 3. The van der Waals surface area contributed by atoms with Gasteiger partial charge in [-0.2, -0.15) is 0 Å². The summed E-state index contributed by atoms with van der Waals surface area (Å²) < 4.78 is 0. The second kappa shape index (κ2) is 11.2. The van der Waals surface area contributed by atoms with Gasteiger partial charge in [0.05, 0.1) is 0 Å². The van der Waals surface area contributed by atoms with Gasteiger partial charge >= 0.3 is 0 Å². The Balaban J connectivity index is 0.000000594. The van der Waals surface area contributed by atoms with Gasteiger partial charge < -0.3 is 16.0 Å². The zero-order valence-corrected chi connectivity index (χ0v) is 14.3. The normalized spacial score (nSPS) is 12.9. The Bertz CT molecular complexity index is 512. The molecule has 0 aliphatic carbocycles. The molecule has 1 unspecified atom stereocenters. The molecule has 0 spiro atoms. The van der Waals surface area contributed by atoms with E-state index in [-0.39, 0.29) is 5.91 Å². The standard InChI is InChI=1S/C13H18N2O.C2H3NO2.C2H6/c1-3-5-9(2)15-8-11-10(13(15)16)6-4-7-12(11)14;4-1-3-2-5;1-2/h4,6-7,9H,3,5,8,14H2,1-2H3;1-2H,(H,3,4,5);1-2H3. The molecule has 1 atom stereocenters. The van der Waals surface area contributed by atoms with Crippen molar-refractivity contribution < 1.29 is 14.4 Å². The number of hydrogen-bond donors (Lipinski definition) is 2. The predicted octanol–water partition coefficient (Wildman–Crippen LogP) is 2.33. The number of anilines is 1. The third-order valence-electron chi connectivity index (χ3n) is 3.41. The van der Waals surface area contributed by atoms with Gasteiger partial charge in [-0.1, -0.05) is 33.3 Å². The molecule has 2 rings (SSSR count). The minimum Gasteiger partial charge on any atom is -0.398 e. The van der Waals surface area contributed by atoms with E-state index in [0.717, 1.165) is 29.7 Å². The number of carbonyl (C=O) groups excluding carboxylic acids is 3. The molecule has 23 heavy (non-hydrogen) atoms. The number of carbonyl (C=O) groups is 3. The van der Waals surface area contributed by atoms with Gasteiger partial charge in [0.25, 0.3) is 5.91 Å². The van der Waals surface area contributed by atoms with Crippen LogP contribution in [-0.4, -0.2) is 29.7 Å². The van der Waals surface area contributed by atoms with E-state index in [0.29, 0.717) is 25.4 Å². The summed E-state index contributed by atoms with van der Waals surface area (Å²) >= 11 is 0. The van der Waals surface area contributed by atoms with Crippen molar-refractivity contribution in [3.63, 3.8) is 0 Å². The number of nitrogens with two attached hydrogens (primary N) is 1. The van der Waals surface area contributed by atoms with Gasteiger partial charge in [-0.15, -0.1) is 0 Å². The van der Waals surface area contributed by atoms with Crippen LogP contribution in [0.4, 0.5) is 5.69 Å². The first-order valence-electron chi connectivity index (χ1n) is 7.88. The van der Waals surface area contributed by atoms with Crippen molar-refractivity contribution in [3.8, 4) is 0 Å². The molecule has 1 aliphatic heterocycles. The molecule has 1 heterocycles. The average Bonchev–Trinajstić information content (AvgIpc) is 2.90. The first kappa shape index (κ1) is 20.6. The van der Waals surface area contributed by atoms with E-state index in [1.54, 1.807) is 5.32 Å². The molecule has 128 valence electrons. The predicted molar refractivity (Wildman–Crippen MR) is 91.7 cm³/mol. The van der Waals surface area contributed by atoms with Gasteiger partial charge in [0, 0.05) is 29.4 Å². The van der Waals surface area contributed by atoms with Gasteiger partial charge in [0.2, 0.25) is 12.8 Å². The highest BCUT2D eigenvalue weighted by Gasteiger charge is 2.31. The molecule has 1 aliphatic rings. The number of rotatable bonds is 5. The van der Waals surface area contributed by atoms with Crippen molar-refractivity contribution in [1.29, 1.82) is 0 Å². The highest BCUT2D eigenvalue weighted by molar-refractivity contribution is 6.00. The topological polar surface area (TPSA) is 92.5 Å². The van der Waals surface area contributed by atoms with Crippen LogP contribution >= 0.6 is 0 Å². The largest absolute Gasteiger partial charge is 0.398 e. The lowest BCUT2D eigenvalue weighted by atomic mass is 10.1. The number of nitrogen functional groups attached to an aromatic ring is 1. The number of nitrogens with zero attached hydrogens (tertiary/aromatic N) is 1. The summed E-state index contributed by atoms with van der Waals surface area (Å²) in [6.07, 6.45) is 2.76. The number of benzene rings is 1. The molecular weight excluding hydrogens is 294 g/mol. The van der Waals surface area contributed by atoms with Crippen molar-refractivity contribution in [1.82, 2.24) is 10.2 Å². The average molecular weight is 321 g/mol. The van der Waals surface area contributed by atoms with E-state index >= 15 is 0 Å². The molecule has 3 N–H and O–H groups in total. The highest BCUT2D eigenvalue weighted by atomic mass is 16.2. The molecule has 3 amide bonds. The van der Waals surface area contributed by atoms with E-state index in [1.165, 1.54) is 0 Å². The summed E-state index contributed by atoms with van der Waals surface area (Å²) in [5, 5.41) is 1.75. The third kappa shape index (κ3) is 5.73. The van der Waals surface area contributed by atoms with Gasteiger partial charge in [-0.3, -0.25) is 14.4 Å². The number of nitrogens with one attached hydrogen (secondary N) is 1. The molecule has 6 nitrogen and oxygen atoms in total. The monoisotopic (exact) mass is 321 g/mol. The van der Waals surface area contributed by atoms with Crippen molar-refractivity contribution in [3.05, 3.63) is 29.3 Å². The van der Waals surface area contributed by atoms with E-state index < -0.39 is 0 Å². The van der Waals surface area contributed by atoms with Crippen molar-refractivity contribution in [2.24, 2.45) is 0 Å². The summed E-state index contributed by atoms with van der Waals surface area (Å²) in [5.74, 6) is 0.128. The molecular formula is C17H27N3O3. The van der Waals surface area contributed by atoms with Crippen molar-refractivity contribution in [2.45, 2.75) is 53.1 Å². The fourth-order valence-electron chi connectivity index (χ4n) is 2.34. The lowest BCUT2D eigenvalue weighted by Crippen LogP contribution is -2.33. The fourth-order valence-corrected chi connectivity index (χ4v) is 2.34. The van der Waals surface area contributed by atoms with Crippen LogP contribution in [0.25, 0.3) is 0 Å². The maximum absolute atomic E-state index is 12.1. The molecule has 0 fully saturated rings. The minimum atomic E-state index is 0.128. The van der Waals surface area contributed by atoms with E-state index in [9.17, 15) is 4.79 Å². The second-order valence-electron chi connectivity index (χ2n) is 4.85. The fraction of sp³-hybridized carbons (Fsp3) is 0.471. The molecule has 1 aromatic carbocycles. The van der Waals surface area contributed by atoms with Crippen LogP contribution in [0.1, 0.15) is 56.5 Å². The molecule has 0 aromatic heterocycles. The molecule has 0 saturated carbocycles. The molecule has 6 heteroatoms. The number of fused-ring (bicyclic) bond motifs is 1. The van der Waals surface area contributed by atoms with Gasteiger partial charge in [0.1, 0.15) is 0 Å². The lowest BCUT2D eigenvalue weighted by molar-refractivity contribution is -0.117.